The number of rotatable bonds is 3. The summed E-state index contributed by atoms with van der Waals surface area (Å²) >= 11 is 5.98. The lowest BCUT2D eigenvalue weighted by Crippen LogP contribution is -1.94. The fourth-order valence-electron chi connectivity index (χ4n) is 1.20. The van der Waals surface area contributed by atoms with Gasteiger partial charge in [-0.15, -0.1) is 0 Å². The Bertz CT molecular complexity index is 468. The number of nitrogens with zero attached hydrogens (tertiary/aromatic N) is 1. The van der Waals surface area contributed by atoms with E-state index in [1.807, 2.05) is 60.7 Å². The van der Waals surface area contributed by atoms with Crippen molar-refractivity contribution in [1.82, 2.24) is 0 Å². The molecule has 0 aromatic heterocycles. The minimum atomic E-state index is 0.337. The maximum Gasteiger partial charge on any atom is 0.176 e. The molecular weight excluding hydrogens is 222 g/mol. The van der Waals surface area contributed by atoms with Gasteiger partial charge in [-0.25, -0.2) is 0 Å². The summed E-state index contributed by atoms with van der Waals surface area (Å²) in [4.78, 5) is 5.18. The Labute approximate surface area is 99.1 Å². The van der Waals surface area contributed by atoms with Crippen LogP contribution in [-0.4, -0.2) is 5.17 Å². The van der Waals surface area contributed by atoms with Crippen molar-refractivity contribution in [3.05, 3.63) is 66.2 Å². The summed E-state index contributed by atoms with van der Waals surface area (Å²) in [7, 11) is 0. The van der Waals surface area contributed by atoms with Gasteiger partial charge >= 0.3 is 0 Å². The van der Waals surface area contributed by atoms with Crippen LogP contribution in [0.3, 0.4) is 0 Å². The summed E-state index contributed by atoms with van der Waals surface area (Å²) < 4.78 is 0. The molecule has 0 fully saturated rings. The minimum absolute atomic E-state index is 0.337. The Kier molecular flexibility index (Phi) is 3.57. The fourth-order valence-corrected chi connectivity index (χ4v) is 1.36. The summed E-state index contributed by atoms with van der Waals surface area (Å²) in [6.45, 7) is 0. The Hall–Kier alpha value is -1.80. The van der Waals surface area contributed by atoms with Crippen LogP contribution in [0.1, 0.15) is 5.56 Å². The molecule has 0 spiro atoms. The molecule has 0 unspecified atom stereocenters. The molecule has 2 aromatic carbocycles. The lowest BCUT2D eigenvalue weighted by molar-refractivity contribution is 0.343. The van der Waals surface area contributed by atoms with Crippen molar-refractivity contribution >= 4 is 16.8 Å². The predicted octanol–water partition coefficient (Wildman–Crippen LogP) is 3.67. The first-order chi connectivity index (χ1) is 7.86. The van der Waals surface area contributed by atoms with Gasteiger partial charge in [0.25, 0.3) is 0 Å². The van der Waals surface area contributed by atoms with Crippen LogP contribution in [0.5, 0.6) is 5.75 Å². The highest BCUT2D eigenvalue weighted by Crippen LogP contribution is 2.11. The van der Waals surface area contributed by atoms with Crippen LogP contribution in [0.4, 0.5) is 0 Å². The van der Waals surface area contributed by atoms with Gasteiger partial charge in [0.1, 0.15) is 0 Å². The monoisotopic (exact) mass is 231 g/mol. The van der Waals surface area contributed by atoms with Gasteiger partial charge < -0.3 is 4.84 Å². The maximum atomic E-state index is 5.98. The van der Waals surface area contributed by atoms with E-state index in [4.69, 9.17) is 16.4 Å². The van der Waals surface area contributed by atoms with E-state index < -0.39 is 0 Å². The predicted molar refractivity (Wildman–Crippen MR) is 65.9 cm³/mol. The zero-order valence-electron chi connectivity index (χ0n) is 8.51. The van der Waals surface area contributed by atoms with Crippen molar-refractivity contribution in [2.24, 2.45) is 5.16 Å². The molecule has 3 heteroatoms. The second kappa shape index (κ2) is 5.33. The van der Waals surface area contributed by atoms with Gasteiger partial charge in [-0.05, 0) is 12.1 Å². The summed E-state index contributed by atoms with van der Waals surface area (Å²) in [5.74, 6) is 0.664. The number of benzene rings is 2. The molecule has 0 aliphatic rings. The molecular formula is C13H10ClNO. The fraction of sp³-hybridized carbons (Fsp3) is 0. The van der Waals surface area contributed by atoms with Gasteiger partial charge in [0.2, 0.25) is 0 Å². The Morgan fingerprint density at radius 2 is 1.44 bits per heavy atom. The molecule has 2 rings (SSSR count). The number of hydrogen-bond donors (Lipinski definition) is 0. The number of para-hydroxylation sites is 1. The van der Waals surface area contributed by atoms with Crippen LogP contribution in [0.25, 0.3) is 0 Å². The lowest BCUT2D eigenvalue weighted by atomic mass is 10.2. The van der Waals surface area contributed by atoms with E-state index in [0.717, 1.165) is 5.56 Å². The number of oxime groups is 1. The largest absolute Gasteiger partial charge is 0.356 e. The average molecular weight is 232 g/mol. The van der Waals surface area contributed by atoms with Crippen LogP contribution >= 0.6 is 11.6 Å². The van der Waals surface area contributed by atoms with Crippen molar-refractivity contribution in [2.75, 3.05) is 0 Å². The second-order valence-electron chi connectivity index (χ2n) is 3.15. The standard InChI is InChI=1S/C13H10ClNO/c14-13(11-7-3-1-4-8-11)15-16-12-9-5-2-6-10-12/h1-10H/b15-13-. The highest BCUT2D eigenvalue weighted by molar-refractivity contribution is 6.69. The van der Waals surface area contributed by atoms with E-state index in [2.05, 4.69) is 5.16 Å². The van der Waals surface area contributed by atoms with Crippen LogP contribution in [0.15, 0.2) is 65.8 Å². The molecule has 0 N–H and O–H groups in total. The van der Waals surface area contributed by atoms with Gasteiger partial charge in [-0.2, -0.15) is 0 Å². The molecule has 80 valence electrons. The lowest BCUT2D eigenvalue weighted by Gasteiger charge is -1.99. The molecule has 0 aliphatic carbocycles. The molecule has 2 nitrogen and oxygen atoms in total. The molecule has 0 aliphatic heterocycles. The van der Waals surface area contributed by atoms with Crippen LogP contribution in [-0.2, 0) is 0 Å². The quantitative estimate of drug-likeness (QED) is 0.584. The molecule has 2 aromatic rings. The summed E-state index contributed by atoms with van der Waals surface area (Å²) in [6.07, 6.45) is 0. The van der Waals surface area contributed by atoms with Crippen molar-refractivity contribution in [3.63, 3.8) is 0 Å². The Balaban J connectivity index is 2.09. The first-order valence-corrected chi connectivity index (χ1v) is 5.25. The average Bonchev–Trinajstić information content (AvgIpc) is 2.38. The molecule has 0 heterocycles. The summed E-state index contributed by atoms with van der Waals surface area (Å²) in [5, 5.41) is 4.18. The van der Waals surface area contributed by atoms with E-state index in [1.54, 1.807) is 0 Å². The van der Waals surface area contributed by atoms with Crippen molar-refractivity contribution in [2.45, 2.75) is 0 Å². The van der Waals surface area contributed by atoms with E-state index >= 15 is 0 Å². The van der Waals surface area contributed by atoms with E-state index in [1.165, 1.54) is 0 Å². The van der Waals surface area contributed by atoms with Gasteiger partial charge in [-0.1, -0.05) is 65.3 Å². The maximum absolute atomic E-state index is 5.98. The summed E-state index contributed by atoms with van der Waals surface area (Å²) in [5.41, 5.74) is 0.833. The third-order valence-corrected chi connectivity index (χ3v) is 2.27. The zero-order valence-corrected chi connectivity index (χ0v) is 9.26. The summed E-state index contributed by atoms with van der Waals surface area (Å²) in [6, 6.07) is 18.8. The third-order valence-electron chi connectivity index (χ3n) is 1.99. The van der Waals surface area contributed by atoms with Gasteiger partial charge in [0.05, 0.1) is 0 Å². The normalized spacial score (nSPS) is 11.2. The van der Waals surface area contributed by atoms with Crippen LogP contribution in [0.2, 0.25) is 0 Å². The number of halogens is 1. The molecule has 16 heavy (non-hydrogen) atoms. The second-order valence-corrected chi connectivity index (χ2v) is 3.51. The van der Waals surface area contributed by atoms with Crippen molar-refractivity contribution < 1.29 is 4.84 Å². The van der Waals surface area contributed by atoms with E-state index in [-0.39, 0.29) is 0 Å². The Morgan fingerprint density at radius 1 is 0.875 bits per heavy atom. The van der Waals surface area contributed by atoms with Crippen molar-refractivity contribution in [1.29, 1.82) is 0 Å². The third kappa shape index (κ3) is 2.84. The first-order valence-electron chi connectivity index (χ1n) is 4.87. The van der Waals surface area contributed by atoms with Crippen LogP contribution in [0, 0.1) is 0 Å². The molecule has 0 saturated heterocycles. The van der Waals surface area contributed by atoms with Crippen LogP contribution < -0.4 is 4.84 Å². The molecule has 0 bridgehead atoms. The smallest absolute Gasteiger partial charge is 0.176 e. The SMILES string of the molecule is Cl/C(=N\Oc1ccccc1)c1ccccc1. The molecule has 0 saturated carbocycles. The Morgan fingerprint density at radius 3 is 2.06 bits per heavy atom. The van der Waals surface area contributed by atoms with E-state index in [9.17, 15) is 0 Å². The molecule has 0 atom stereocenters. The molecule has 0 radical (unpaired) electrons. The topological polar surface area (TPSA) is 21.6 Å². The highest BCUT2D eigenvalue weighted by atomic mass is 35.5. The van der Waals surface area contributed by atoms with Gasteiger partial charge in [-0.3, -0.25) is 0 Å². The van der Waals surface area contributed by atoms with Gasteiger partial charge in [0, 0.05) is 5.56 Å². The zero-order chi connectivity index (χ0) is 11.2. The highest BCUT2D eigenvalue weighted by Gasteiger charge is 1.99. The minimum Gasteiger partial charge on any atom is -0.356 e. The van der Waals surface area contributed by atoms with Gasteiger partial charge in [0.15, 0.2) is 10.9 Å². The molecule has 0 amide bonds. The first kappa shape index (κ1) is 10.7. The number of hydrogen-bond acceptors (Lipinski definition) is 2. The van der Waals surface area contributed by atoms with Crippen molar-refractivity contribution in [3.8, 4) is 5.75 Å². The van der Waals surface area contributed by atoms with E-state index in [0.29, 0.717) is 10.9 Å².